The lowest BCUT2D eigenvalue weighted by Gasteiger charge is -2.06. The van der Waals surface area contributed by atoms with Gasteiger partial charge in [0.25, 0.3) is 0 Å². The van der Waals surface area contributed by atoms with Crippen LogP contribution in [-0.4, -0.2) is 19.0 Å². The summed E-state index contributed by atoms with van der Waals surface area (Å²) in [5.74, 6) is 1.54. The second-order valence-corrected chi connectivity index (χ2v) is 4.24. The molecule has 104 valence electrons. The highest BCUT2D eigenvalue weighted by atomic mass is 16.5. The van der Waals surface area contributed by atoms with Crippen LogP contribution in [0.1, 0.15) is 29.8 Å². The van der Waals surface area contributed by atoms with E-state index in [2.05, 4.69) is 0 Å². The zero-order valence-electron chi connectivity index (χ0n) is 11.8. The molecule has 3 nitrogen and oxygen atoms in total. The molecule has 0 atom stereocenters. The lowest BCUT2D eigenvalue weighted by atomic mass is 10.0. The van der Waals surface area contributed by atoms with E-state index in [1.54, 1.807) is 24.3 Å². The molecular weight excluding hydrogens is 252 g/mol. The van der Waals surface area contributed by atoms with E-state index in [-0.39, 0.29) is 5.78 Å². The van der Waals surface area contributed by atoms with Crippen LogP contribution in [0, 0.1) is 0 Å². The molecule has 0 bridgehead atoms. The number of rotatable bonds is 6. The fraction of sp³-hybridized carbons (Fsp3) is 0.235. The van der Waals surface area contributed by atoms with E-state index >= 15 is 0 Å². The lowest BCUT2D eigenvalue weighted by Crippen LogP contribution is -2.01. The van der Waals surface area contributed by atoms with Crippen LogP contribution in [0.2, 0.25) is 0 Å². The molecule has 0 heterocycles. The fourth-order valence-electron chi connectivity index (χ4n) is 1.91. The Labute approximate surface area is 119 Å². The third kappa shape index (κ3) is 3.38. The number of carbonyl (C=O) groups is 1. The molecule has 0 saturated heterocycles. The first-order chi connectivity index (χ1) is 9.74. The molecule has 2 aromatic carbocycles. The van der Waals surface area contributed by atoms with Gasteiger partial charge in [0.15, 0.2) is 5.78 Å². The Morgan fingerprint density at radius 3 is 1.40 bits per heavy atom. The Hall–Kier alpha value is -2.29. The molecule has 2 rings (SSSR count). The third-order valence-corrected chi connectivity index (χ3v) is 2.86. The van der Waals surface area contributed by atoms with E-state index in [4.69, 9.17) is 9.47 Å². The largest absolute Gasteiger partial charge is 0.494 e. The first kappa shape index (κ1) is 14.1. The number of hydrogen-bond donors (Lipinski definition) is 0. The topological polar surface area (TPSA) is 35.5 Å². The van der Waals surface area contributed by atoms with E-state index in [0.29, 0.717) is 24.3 Å². The molecule has 0 N–H and O–H groups in total. The Kier molecular flexibility index (Phi) is 4.77. The van der Waals surface area contributed by atoms with Crippen molar-refractivity contribution in [2.45, 2.75) is 13.8 Å². The van der Waals surface area contributed by atoms with Gasteiger partial charge in [-0.3, -0.25) is 4.79 Å². The number of carbonyl (C=O) groups excluding carboxylic acids is 1. The van der Waals surface area contributed by atoms with Crippen LogP contribution in [0.4, 0.5) is 0 Å². The Morgan fingerprint density at radius 1 is 0.750 bits per heavy atom. The summed E-state index contributed by atoms with van der Waals surface area (Å²) in [6.07, 6.45) is 0. The molecule has 0 aliphatic heterocycles. The summed E-state index contributed by atoms with van der Waals surface area (Å²) in [5, 5.41) is 0. The summed E-state index contributed by atoms with van der Waals surface area (Å²) in [5.41, 5.74) is 1.30. The monoisotopic (exact) mass is 270 g/mol. The van der Waals surface area contributed by atoms with Crippen LogP contribution in [-0.2, 0) is 0 Å². The second-order valence-electron chi connectivity index (χ2n) is 4.24. The Balaban J connectivity index is 2.13. The predicted octanol–water partition coefficient (Wildman–Crippen LogP) is 3.72. The molecule has 0 radical (unpaired) electrons. The SMILES string of the molecule is CCOc1ccc(C(=O)c2ccc(OCC)cc2)cc1. The van der Waals surface area contributed by atoms with Crippen molar-refractivity contribution in [3.8, 4) is 11.5 Å². The average molecular weight is 270 g/mol. The minimum Gasteiger partial charge on any atom is -0.494 e. The van der Waals surface area contributed by atoms with Crippen LogP contribution >= 0.6 is 0 Å². The molecule has 3 heteroatoms. The highest BCUT2D eigenvalue weighted by Gasteiger charge is 2.09. The zero-order valence-corrected chi connectivity index (χ0v) is 11.8. The van der Waals surface area contributed by atoms with Gasteiger partial charge in [-0.1, -0.05) is 0 Å². The average Bonchev–Trinajstić information content (AvgIpc) is 2.49. The van der Waals surface area contributed by atoms with E-state index in [1.807, 2.05) is 38.1 Å². The highest BCUT2D eigenvalue weighted by molar-refractivity contribution is 6.09. The molecule has 0 fully saturated rings. The van der Waals surface area contributed by atoms with Gasteiger partial charge in [0.05, 0.1) is 13.2 Å². The molecular formula is C17H18O3. The van der Waals surface area contributed by atoms with Crippen LogP contribution < -0.4 is 9.47 Å². The van der Waals surface area contributed by atoms with Crippen molar-refractivity contribution in [3.05, 3.63) is 59.7 Å². The van der Waals surface area contributed by atoms with E-state index in [1.165, 1.54) is 0 Å². The predicted molar refractivity (Wildman–Crippen MR) is 78.7 cm³/mol. The van der Waals surface area contributed by atoms with Crippen molar-refractivity contribution >= 4 is 5.78 Å². The maximum atomic E-state index is 12.3. The fourth-order valence-corrected chi connectivity index (χ4v) is 1.91. The van der Waals surface area contributed by atoms with E-state index in [0.717, 1.165) is 11.5 Å². The number of benzene rings is 2. The molecule has 0 aliphatic carbocycles. The number of hydrogen-bond acceptors (Lipinski definition) is 3. The van der Waals surface area contributed by atoms with Crippen molar-refractivity contribution < 1.29 is 14.3 Å². The van der Waals surface area contributed by atoms with Gasteiger partial charge < -0.3 is 9.47 Å². The summed E-state index contributed by atoms with van der Waals surface area (Å²) in [6, 6.07) is 14.4. The zero-order chi connectivity index (χ0) is 14.4. The van der Waals surface area contributed by atoms with Crippen LogP contribution in [0.3, 0.4) is 0 Å². The molecule has 20 heavy (non-hydrogen) atoms. The van der Waals surface area contributed by atoms with Crippen molar-refractivity contribution in [1.29, 1.82) is 0 Å². The number of ether oxygens (including phenoxy) is 2. The third-order valence-electron chi connectivity index (χ3n) is 2.86. The molecule has 0 aliphatic rings. The van der Waals surface area contributed by atoms with Crippen molar-refractivity contribution in [2.24, 2.45) is 0 Å². The standard InChI is InChI=1S/C17H18O3/c1-3-19-15-9-5-13(6-10-15)17(18)14-7-11-16(12-8-14)20-4-2/h5-12H,3-4H2,1-2H3. The van der Waals surface area contributed by atoms with Gasteiger partial charge in [0.2, 0.25) is 0 Å². The summed E-state index contributed by atoms with van der Waals surface area (Å²) < 4.78 is 10.7. The molecule has 0 spiro atoms. The molecule has 0 unspecified atom stereocenters. The van der Waals surface area contributed by atoms with Crippen LogP contribution in [0.5, 0.6) is 11.5 Å². The quantitative estimate of drug-likeness (QED) is 0.750. The maximum Gasteiger partial charge on any atom is 0.193 e. The molecule has 0 saturated carbocycles. The van der Waals surface area contributed by atoms with E-state index in [9.17, 15) is 4.79 Å². The van der Waals surface area contributed by atoms with Gasteiger partial charge >= 0.3 is 0 Å². The summed E-state index contributed by atoms with van der Waals surface area (Å²) in [7, 11) is 0. The van der Waals surface area contributed by atoms with Crippen molar-refractivity contribution in [1.82, 2.24) is 0 Å². The lowest BCUT2D eigenvalue weighted by molar-refractivity contribution is 0.103. The van der Waals surface area contributed by atoms with Gasteiger partial charge in [-0.25, -0.2) is 0 Å². The van der Waals surface area contributed by atoms with Gasteiger partial charge in [-0.05, 0) is 62.4 Å². The molecule has 0 amide bonds. The van der Waals surface area contributed by atoms with Crippen LogP contribution in [0.15, 0.2) is 48.5 Å². The highest BCUT2D eigenvalue weighted by Crippen LogP contribution is 2.18. The maximum absolute atomic E-state index is 12.3. The summed E-state index contributed by atoms with van der Waals surface area (Å²) in [4.78, 5) is 12.3. The van der Waals surface area contributed by atoms with Crippen molar-refractivity contribution in [3.63, 3.8) is 0 Å². The Morgan fingerprint density at radius 2 is 1.10 bits per heavy atom. The van der Waals surface area contributed by atoms with Gasteiger partial charge in [-0.2, -0.15) is 0 Å². The minimum atomic E-state index is -0.00361. The first-order valence-electron chi connectivity index (χ1n) is 6.75. The van der Waals surface area contributed by atoms with Crippen molar-refractivity contribution in [2.75, 3.05) is 13.2 Å². The van der Waals surface area contributed by atoms with Gasteiger partial charge in [-0.15, -0.1) is 0 Å². The first-order valence-corrected chi connectivity index (χ1v) is 6.75. The summed E-state index contributed by atoms with van der Waals surface area (Å²) in [6.45, 7) is 5.09. The smallest absolute Gasteiger partial charge is 0.193 e. The number of ketones is 1. The Bertz CT molecular complexity index is 504. The van der Waals surface area contributed by atoms with Crippen LogP contribution in [0.25, 0.3) is 0 Å². The minimum absolute atomic E-state index is 0.00361. The molecule has 0 aromatic heterocycles. The van der Waals surface area contributed by atoms with Gasteiger partial charge in [0.1, 0.15) is 11.5 Å². The molecule has 2 aromatic rings. The summed E-state index contributed by atoms with van der Waals surface area (Å²) >= 11 is 0. The normalized spacial score (nSPS) is 10.1. The van der Waals surface area contributed by atoms with E-state index < -0.39 is 0 Å². The van der Waals surface area contributed by atoms with Gasteiger partial charge in [0, 0.05) is 11.1 Å². The second kappa shape index (κ2) is 6.75.